The number of likely N-dealkylation sites (N-methyl/N-ethyl adjacent to an activating group) is 1. The quantitative estimate of drug-likeness (QED) is 0.191. The second kappa shape index (κ2) is 11.3. The lowest BCUT2D eigenvalue weighted by molar-refractivity contribution is -0.384. The van der Waals surface area contributed by atoms with Crippen LogP contribution in [0.2, 0.25) is 5.02 Å². The largest absolute Gasteiger partial charge is 0.497 e. The lowest BCUT2D eigenvalue weighted by Crippen LogP contribution is -2.28. The molecule has 1 aliphatic heterocycles. The van der Waals surface area contributed by atoms with Crippen molar-refractivity contribution in [1.29, 1.82) is 0 Å². The highest BCUT2D eigenvalue weighted by Gasteiger charge is 2.32. The number of benzene rings is 3. The van der Waals surface area contributed by atoms with Crippen LogP contribution >= 0.6 is 23.4 Å². The van der Waals surface area contributed by atoms with Crippen molar-refractivity contribution in [2.24, 2.45) is 4.99 Å². The zero-order valence-electron chi connectivity index (χ0n) is 19.5. The number of methoxy groups -OCH3 is 1. The number of hydrogen-bond donors (Lipinski definition) is 0. The van der Waals surface area contributed by atoms with Gasteiger partial charge in [0.25, 0.3) is 11.6 Å². The van der Waals surface area contributed by atoms with Gasteiger partial charge in [-0.2, -0.15) is 0 Å². The summed E-state index contributed by atoms with van der Waals surface area (Å²) in [6.07, 6.45) is 1.78. The number of amides is 1. The molecule has 10 heteroatoms. The van der Waals surface area contributed by atoms with Crippen molar-refractivity contribution < 1.29 is 19.2 Å². The van der Waals surface area contributed by atoms with E-state index >= 15 is 0 Å². The summed E-state index contributed by atoms with van der Waals surface area (Å²) in [5.74, 6) is 1.09. The lowest BCUT2D eigenvalue weighted by Gasteiger charge is -2.12. The van der Waals surface area contributed by atoms with E-state index in [-0.39, 0.29) is 18.2 Å². The van der Waals surface area contributed by atoms with Crippen LogP contribution < -0.4 is 9.47 Å². The number of ether oxygens (including phenoxy) is 2. The molecule has 3 aromatic rings. The van der Waals surface area contributed by atoms with Crippen molar-refractivity contribution in [1.82, 2.24) is 4.90 Å². The van der Waals surface area contributed by atoms with Crippen LogP contribution in [0.25, 0.3) is 6.08 Å². The number of aliphatic imine (C=N–C) groups is 1. The lowest BCUT2D eigenvalue weighted by atomic mass is 10.2. The van der Waals surface area contributed by atoms with Crippen molar-refractivity contribution in [3.63, 3.8) is 0 Å². The fraction of sp³-hybridized carbons (Fsp3) is 0.154. The Morgan fingerprint density at radius 1 is 1.11 bits per heavy atom. The van der Waals surface area contributed by atoms with Gasteiger partial charge in [0.05, 0.1) is 27.6 Å². The van der Waals surface area contributed by atoms with Gasteiger partial charge in [-0.25, -0.2) is 4.99 Å². The predicted molar refractivity (Wildman–Crippen MR) is 142 cm³/mol. The Morgan fingerprint density at radius 3 is 2.44 bits per heavy atom. The first kappa shape index (κ1) is 25.3. The summed E-state index contributed by atoms with van der Waals surface area (Å²) in [6.45, 7) is 2.61. The first-order chi connectivity index (χ1) is 17.4. The molecule has 3 aromatic carbocycles. The first-order valence-electron chi connectivity index (χ1n) is 11.0. The van der Waals surface area contributed by atoms with Crippen molar-refractivity contribution >= 4 is 51.9 Å². The standard InChI is InChI=1S/C26H22ClN3O5S/c1-3-29-25(31)24(36-26(29)28-19-7-11-21(34-2)12-8-19)15-18-6-13-23(22(27)14-18)35-16-17-4-9-20(10-5-17)30(32)33/h4-15H,3,16H2,1-2H3/b24-15+,28-26?. The summed E-state index contributed by atoms with van der Waals surface area (Å²) >= 11 is 7.73. The van der Waals surface area contributed by atoms with Crippen molar-refractivity contribution in [2.45, 2.75) is 13.5 Å². The van der Waals surface area contributed by atoms with Crippen LogP contribution in [0.3, 0.4) is 0 Å². The average molecular weight is 524 g/mol. The van der Waals surface area contributed by atoms with Gasteiger partial charge in [0.2, 0.25) is 0 Å². The number of nitro benzene ring substituents is 1. The number of carbonyl (C=O) groups excluding carboxylic acids is 1. The minimum absolute atomic E-state index is 0.0207. The average Bonchev–Trinajstić information content (AvgIpc) is 3.17. The van der Waals surface area contributed by atoms with Gasteiger partial charge in [-0.05, 0) is 84.4 Å². The molecule has 0 N–H and O–H groups in total. The topological polar surface area (TPSA) is 94.3 Å². The minimum atomic E-state index is -0.449. The Kier molecular flexibility index (Phi) is 7.92. The monoisotopic (exact) mass is 523 g/mol. The van der Waals surface area contributed by atoms with Crippen LogP contribution in [0, 0.1) is 10.1 Å². The van der Waals surface area contributed by atoms with Gasteiger partial charge in [-0.1, -0.05) is 17.7 Å². The molecule has 0 atom stereocenters. The van der Waals surface area contributed by atoms with Crippen molar-refractivity contribution in [2.75, 3.05) is 13.7 Å². The molecule has 36 heavy (non-hydrogen) atoms. The molecule has 1 aliphatic rings. The maximum atomic E-state index is 13.0. The fourth-order valence-corrected chi connectivity index (χ4v) is 4.69. The summed E-state index contributed by atoms with van der Waals surface area (Å²) in [4.78, 5) is 30.1. The van der Waals surface area contributed by atoms with Gasteiger partial charge in [0.1, 0.15) is 18.1 Å². The molecule has 1 heterocycles. The molecule has 184 valence electrons. The summed E-state index contributed by atoms with van der Waals surface area (Å²) in [6, 6.07) is 18.7. The molecule has 0 aromatic heterocycles. The molecule has 1 saturated heterocycles. The third kappa shape index (κ3) is 5.87. The first-order valence-corrected chi connectivity index (χ1v) is 12.2. The number of thioether (sulfide) groups is 1. The Bertz CT molecular complexity index is 1340. The van der Waals surface area contributed by atoms with E-state index < -0.39 is 4.92 Å². The molecule has 0 bridgehead atoms. The third-order valence-corrected chi connectivity index (χ3v) is 6.60. The fourth-order valence-electron chi connectivity index (χ4n) is 3.39. The van der Waals surface area contributed by atoms with Crippen LogP contribution in [0.1, 0.15) is 18.1 Å². The number of non-ortho nitro benzene ring substituents is 1. The summed E-state index contributed by atoms with van der Waals surface area (Å²) in [5, 5.41) is 11.8. The van der Waals surface area contributed by atoms with Crippen LogP contribution in [-0.2, 0) is 11.4 Å². The van der Waals surface area contributed by atoms with Crippen molar-refractivity contribution in [3.05, 3.63) is 97.9 Å². The number of halogens is 1. The highest BCUT2D eigenvalue weighted by atomic mass is 35.5. The molecule has 4 rings (SSSR count). The molecule has 8 nitrogen and oxygen atoms in total. The van der Waals surface area contributed by atoms with Crippen LogP contribution in [0.15, 0.2) is 76.6 Å². The summed E-state index contributed by atoms with van der Waals surface area (Å²) < 4.78 is 11.0. The SMILES string of the molecule is CCN1C(=O)/C(=C\c2ccc(OCc3ccc([N+](=O)[O-])cc3)c(Cl)c2)SC1=Nc1ccc(OC)cc1. The van der Waals surface area contributed by atoms with Gasteiger partial charge in [0, 0.05) is 18.7 Å². The zero-order chi connectivity index (χ0) is 25.7. The van der Waals surface area contributed by atoms with Gasteiger partial charge < -0.3 is 9.47 Å². The van der Waals surface area contributed by atoms with E-state index in [1.807, 2.05) is 37.3 Å². The number of rotatable bonds is 8. The summed E-state index contributed by atoms with van der Waals surface area (Å²) in [5.41, 5.74) is 2.27. The van der Waals surface area contributed by atoms with Gasteiger partial charge >= 0.3 is 0 Å². The van der Waals surface area contributed by atoms with E-state index in [1.54, 1.807) is 42.4 Å². The van der Waals surface area contributed by atoms with Crippen LogP contribution in [0.4, 0.5) is 11.4 Å². The Hall–Kier alpha value is -3.82. The number of hydrogen-bond acceptors (Lipinski definition) is 7. The van der Waals surface area contributed by atoms with E-state index in [4.69, 9.17) is 21.1 Å². The smallest absolute Gasteiger partial charge is 0.269 e. The maximum absolute atomic E-state index is 13.0. The Morgan fingerprint density at radius 2 is 1.83 bits per heavy atom. The molecule has 1 amide bonds. The van der Waals surface area contributed by atoms with E-state index in [0.717, 1.165) is 22.6 Å². The van der Waals surface area contributed by atoms with Crippen molar-refractivity contribution in [3.8, 4) is 11.5 Å². The second-order valence-corrected chi connectivity index (χ2v) is 9.07. The molecule has 1 fully saturated rings. The van der Waals surface area contributed by atoms with Gasteiger partial charge in [-0.3, -0.25) is 19.8 Å². The van der Waals surface area contributed by atoms with Gasteiger partial charge in [-0.15, -0.1) is 0 Å². The third-order valence-electron chi connectivity index (χ3n) is 5.30. The molecule has 0 saturated carbocycles. The highest BCUT2D eigenvalue weighted by Crippen LogP contribution is 2.35. The highest BCUT2D eigenvalue weighted by molar-refractivity contribution is 8.18. The Labute approximate surface area is 217 Å². The molecule has 0 aliphatic carbocycles. The second-order valence-electron chi connectivity index (χ2n) is 7.65. The number of nitrogens with zero attached hydrogens (tertiary/aromatic N) is 3. The van der Waals surface area contributed by atoms with E-state index in [9.17, 15) is 14.9 Å². The normalized spacial score (nSPS) is 15.5. The molecular formula is C26H22ClN3O5S. The molecule has 0 unspecified atom stereocenters. The number of nitro groups is 1. The Balaban J connectivity index is 1.47. The van der Waals surface area contributed by atoms with E-state index in [0.29, 0.717) is 27.4 Å². The molecular weight excluding hydrogens is 502 g/mol. The van der Waals surface area contributed by atoms with Crippen LogP contribution in [0.5, 0.6) is 11.5 Å². The number of carbonyl (C=O) groups is 1. The van der Waals surface area contributed by atoms with Crippen LogP contribution in [-0.4, -0.2) is 34.6 Å². The summed E-state index contributed by atoms with van der Waals surface area (Å²) in [7, 11) is 1.60. The maximum Gasteiger partial charge on any atom is 0.269 e. The van der Waals surface area contributed by atoms with E-state index in [1.165, 1.54) is 23.9 Å². The number of amidine groups is 1. The predicted octanol–water partition coefficient (Wildman–Crippen LogP) is 6.46. The molecule has 0 spiro atoms. The molecule has 0 radical (unpaired) electrons. The van der Waals surface area contributed by atoms with Gasteiger partial charge in [0.15, 0.2) is 5.17 Å². The van der Waals surface area contributed by atoms with E-state index in [2.05, 4.69) is 4.99 Å². The minimum Gasteiger partial charge on any atom is -0.497 e. The zero-order valence-corrected chi connectivity index (χ0v) is 21.1.